The van der Waals surface area contributed by atoms with E-state index in [9.17, 15) is 5.11 Å². The Morgan fingerprint density at radius 1 is 1.20 bits per heavy atom. The standard InChI is InChI=1S/C14H24O/c1-2-3-6-12-9-10-13(14(12)15)11-7-4-5-8-11/h12,14-15H,2-10H2,1H3. The lowest BCUT2D eigenvalue weighted by atomic mass is 9.96. The fourth-order valence-corrected chi connectivity index (χ4v) is 3.21. The summed E-state index contributed by atoms with van der Waals surface area (Å²) in [7, 11) is 0. The molecule has 86 valence electrons. The van der Waals surface area contributed by atoms with Crippen molar-refractivity contribution in [3.63, 3.8) is 0 Å². The number of aliphatic hydroxyl groups excluding tert-OH is 1. The smallest absolute Gasteiger partial charge is 0.0780 e. The van der Waals surface area contributed by atoms with Gasteiger partial charge in [0.25, 0.3) is 0 Å². The molecule has 0 amide bonds. The summed E-state index contributed by atoms with van der Waals surface area (Å²) in [5.41, 5.74) is 3.05. The van der Waals surface area contributed by atoms with Crippen LogP contribution in [0.25, 0.3) is 0 Å². The van der Waals surface area contributed by atoms with E-state index >= 15 is 0 Å². The fraction of sp³-hybridized carbons (Fsp3) is 0.857. The van der Waals surface area contributed by atoms with Crippen molar-refractivity contribution in [3.8, 4) is 0 Å². The second-order valence-corrected chi connectivity index (χ2v) is 5.22. The van der Waals surface area contributed by atoms with Crippen LogP contribution in [0, 0.1) is 5.92 Å². The van der Waals surface area contributed by atoms with Gasteiger partial charge in [0.05, 0.1) is 6.10 Å². The van der Waals surface area contributed by atoms with E-state index in [-0.39, 0.29) is 6.10 Å². The van der Waals surface area contributed by atoms with E-state index in [4.69, 9.17) is 0 Å². The van der Waals surface area contributed by atoms with Crippen LogP contribution in [0.3, 0.4) is 0 Å². The van der Waals surface area contributed by atoms with Gasteiger partial charge in [-0.2, -0.15) is 0 Å². The molecule has 0 aromatic carbocycles. The first-order chi connectivity index (χ1) is 7.33. The van der Waals surface area contributed by atoms with E-state index in [2.05, 4.69) is 6.92 Å². The van der Waals surface area contributed by atoms with Gasteiger partial charge in [-0.1, -0.05) is 25.3 Å². The van der Waals surface area contributed by atoms with Gasteiger partial charge in [0.2, 0.25) is 0 Å². The Kier molecular flexibility index (Phi) is 3.85. The normalized spacial score (nSPS) is 31.6. The Morgan fingerprint density at radius 2 is 1.93 bits per heavy atom. The minimum Gasteiger partial charge on any atom is -0.388 e. The average Bonchev–Trinajstić information content (AvgIpc) is 2.84. The molecule has 1 nitrogen and oxygen atoms in total. The lowest BCUT2D eigenvalue weighted by molar-refractivity contribution is 0.154. The molecule has 2 unspecified atom stereocenters. The molecule has 2 saturated carbocycles. The number of aliphatic hydroxyl groups is 1. The molecular weight excluding hydrogens is 184 g/mol. The third-order valence-corrected chi connectivity index (χ3v) is 4.18. The van der Waals surface area contributed by atoms with Crippen LogP contribution in [-0.2, 0) is 0 Å². The molecular formula is C14H24O. The molecule has 0 aromatic rings. The molecule has 2 aliphatic carbocycles. The number of rotatable bonds is 3. The van der Waals surface area contributed by atoms with Gasteiger partial charge >= 0.3 is 0 Å². The van der Waals surface area contributed by atoms with Crippen molar-refractivity contribution in [3.05, 3.63) is 11.1 Å². The molecule has 0 aliphatic heterocycles. The minimum atomic E-state index is -0.0790. The van der Waals surface area contributed by atoms with E-state index in [0.29, 0.717) is 5.92 Å². The number of unbranched alkanes of at least 4 members (excludes halogenated alkanes) is 1. The maximum atomic E-state index is 10.3. The summed E-state index contributed by atoms with van der Waals surface area (Å²) in [6.07, 6.45) is 11.4. The zero-order valence-electron chi connectivity index (χ0n) is 9.97. The van der Waals surface area contributed by atoms with Gasteiger partial charge in [0.1, 0.15) is 0 Å². The van der Waals surface area contributed by atoms with Crippen molar-refractivity contribution in [1.82, 2.24) is 0 Å². The average molecular weight is 208 g/mol. The molecule has 2 atom stereocenters. The van der Waals surface area contributed by atoms with E-state index < -0.39 is 0 Å². The van der Waals surface area contributed by atoms with Crippen LogP contribution in [0.1, 0.15) is 64.7 Å². The lowest BCUT2D eigenvalue weighted by Gasteiger charge is -2.16. The monoisotopic (exact) mass is 208 g/mol. The highest BCUT2D eigenvalue weighted by Crippen LogP contribution is 2.40. The van der Waals surface area contributed by atoms with Crippen molar-refractivity contribution in [2.45, 2.75) is 70.8 Å². The molecule has 0 aromatic heterocycles. The quantitative estimate of drug-likeness (QED) is 0.699. The second-order valence-electron chi connectivity index (χ2n) is 5.22. The molecule has 2 rings (SSSR count). The van der Waals surface area contributed by atoms with Crippen LogP contribution in [-0.4, -0.2) is 11.2 Å². The first kappa shape index (κ1) is 11.2. The first-order valence-electron chi connectivity index (χ1n) is 6.71. The first-order valence-corrected chi connectivity index (χ1v) is 6.71. The van der Waals surface area contributed by atoms with E-state index in [1.54, 1.807) is 5.57 Å². The lowest BCUT2D eigenvalue weighted by Crippen LogP contribution is -2.15. The Hall–Kier alpha value is -0.300. The van der Waals surface area contributed by atoms with Crippen LogP contribution in [0.15, 0.2) is 11.1 Å². The van der Waals surface area contributed by atoms with Crippen LogP contribution in [0.5, 0.6) is 0 Å². The third-order valence-electron chi connectivity index (χ3n) is 4.18. The molecule has 1 N–H and O–H groups in total. The highest BCUT2D eigenvalue weighted by Gasteiger charge is 2.31. The Bertz CT molecular complexity index is 234. The summed E-state index contributed by atoms with van der Waals surface area (Å²) in [5, 5.41) is 10.3. The summed E-state index contributed by atoms with van der Waals surface area (Å²) >= 11 is 0. The number of hydrogen-bond acceptors (Lipinski definition) is 1. The van der Waals surface area contributed by atoms with Crippen molar-refractivity contribution < 1.29 is 5.11 Å². The van der Waals surface area contributed by atoms with Crippen LogP contribution in [0.4, 0.5) is 0 Å². The second kappa shape index (κ2) is 5.16. The largest absolute Gasteiger partial charge is 0.388 e. The summed E-state index contributed by atoms with van der Waals surface area (Å²) in [4.78, 5) is 0. The summed E-state index contributed by atoms with van der Waals surface area (Å²) in [6.45, 7) is 2.23. The van der Waals surface area contributed by atoms with Gasteiger partial charge in [-0.25, -0.2) is 0 Å². The number of hydrogen-bond donors (Lipinski definition) is 1. The highest BCUT2D eigenvalue weighted by atomic mass is 16.3. The minimum absolute atomic E-state index is 0.0790. The zero-order valence-corrected chi connectivity index (χ0v) is 9.97. The summed E-state index contributed by atoms with van der Waals surface area (Å²) in [6, 6.07) is 0. The molecule has 15 heavy (non-hydrogen) atoms. The molecule has 1 heteroatoms. The van der Waals surface area contributed by atoms with Gasteiger partial charge in [-0.15, -0.1) is 0 Å². The maximum Gasteiger partial charge on any atom is 0.0780 e. The van der Waals surface area contributed by atoms with Gasteiger partial charge in [-0.3, -0.25) is 0 Å². The SMILES string of the molecule is CCCCC1CCC(=C2CCCC2)C1O. The fourth-order valence-electron chi connectivity index (χ4n) is 3.21. The Labute approximate surface area is 93.6 Å². The maximum absolute atomic E-state index is 10.3. The molecule has 2 fully saturated rings. The van der Waals surface area contributed by atoms with Crippen molar-refractivity contribution in [1.29, 1.82) is 0 Å². The van der Waals surface area contributed by atoms with Crippen LogP contribution < -0.4 is 0 Å². The third kappa shape index (κ3) is 2.44. The number of allylic oxidation sites excluding steroid dienone is 1. The van der Waals surface area contributed by atoms with E-state index in [0.717, 1.165) is 0 Å². The van der Waals surface area contributed by atoms with Crippen molar-refractivity contribution >= 4 is 0 Å². The molecule has 0 bridgehead atoms. The van der Waals surface area contributed by atoms with Gasteiger partial charge < -0.3 is 5.11 Å². The molecule has 0 radical (unpaired) electrons. The van der Waals surface area contributed by atoms with E-state index in [1.165, 1.54) is 63.4 Å². The predicted molar refractivity (Wildman–Crippen MR) is 63.7 cm³/mol. The highest BCUT2D eigenvalue weighted by molar-refractivity contribution is 5.24. The van der Waals surface area contributed by atoms with Crippen molar-refractivity contribution in [2.24, 2.45) is 5.92 Å². The Balaban J connectivity index is 1.97. The van der Waals surface area contributed by atoms with Gasteiger partial charge in [0.15, 0.2) is 0 Å². The zero-order chi connectivity index (χ0) is 10.7. The van der Waals surface area contributed by atoms with Gasteiger partial charge in [0, 0.05) is 0 Å². The van der Waals surface area contributed by atoms with Crippen molar-refractivity contribution in [2.75, 3.05) is 0 Å². The van der Waals surface area contributed by atoms with Gasteiger partial charge in [-0.05, 0) is 56.4 Å². The van der Waals surface area contributed by atoms with Crippen LogP contribution >= 0.6 is 0 Å². The molecule has 0 heterocycles. The van der Waals surface area contributed by atoms with E-state index in [1.807, 2.05) is 0 Å². The molecule has 2 aliphatic rings. The van der Waals surface area contributed by atoms with Crippen LogP contribution in [0.2, 0.25) is 0 Å². The molecule has 0 saturated heterocycles. The summed E-state index contributed by atoms with van der Waals surface area (Å²) in [5.74, 6) is 0.577. The predicted octanol–water partition coefficient (Wildman–Crippen LogP) is 3.82. The topological polar surface area (TPSA) is 20.2 Å². The Morgan fingerprint density at radius 3 is 2.60 bits per heavy atom. The molecule has 0 spiro atoms. The summed E-state index contributed by atoms with van der Waals surface area (Å²) < 4.78 is 0.